The van der Waals surface area contributed by atoms with E-state index in [0.29, 0.717) is 19.0 Å². The van der Waals surface area contributed by atoms with Gasteiger partial charge in [-0.15, -0.1) is 5.10 Å². The van der Waals surface area contributed by atoms with Gasteiger partial charge >= 0.3 is 6.01 Å². The summed E-state index contributed by atoms with van der Waals surface area (Å²) in [4.78, 5) is 20.1. The third-order valence-corrected chi connectivity index (χ3v) is 2.99. The summed E-state index contributed by atoms with van der Waals surface area (Å²) in [6.07, 6.45) is 7.57. The Morgan fingerprint density at radius 3 is 3.05 bits per heavy atom. The first-order chi connectivity index (χ1) is 10.2. The maximum Gasteiger partial charge on any atom is 0.337 e. The van der Waals surface area contributed by atoms with Crippen LogP contribution in [0.25, 0.3) is 0 Å². The molecule has 0 aromatic carbocycles. The summed E-state index contributed by atoms with van der Waals surface area (Å²) in [6.45, 7) is 4.41. The van der Waals surface area contributed by atoms with Gasteiger partial charge in [0.25, 0.3) is 0 Å². The minimum Gasteiger partial charge on any atom is -0.463 e. The highest BCUT2D eigenvalue weighted by molar-refractivity contribution is 5.89. The van der Waals surface area contributed by atoms with Gasteiger partial charge in [-0.25, -0.2) is 10.1 Å². The van der Waals surface area contributed by atoms with Crippen molar-refractivity contribution in [1.29, 1.82) is 0 Å². The van der Waals surface area contributed by atoms with Gasteiger partial charge in [0, 0.05) is 24.9 Å². The van der Waals surface area contributed by atoms with Crippen LogP contribution in [0.2, 0.25) is 0 Å². The molecular weight excluding hydrogens is 272 g/mol. The average Bonchev–Trinajstić information content (AvgIpc) is 3.10. The van der Waals surface area contributed by atoms with Crippen molar-refractivity contribution in [2.75, 3.05) is 11.9 Å². The molecule has 0 aliphatic heterocycles. The molecule has 0 aliphatic rings. The van der Waals surface area contributed by atoms with Crippen molar-refractivity contribution < 1.29 is 9.53 Å². The van der Waals surface area contributed by atoms with E-state index in [1.165, 1.54) is 0 Å². The predicted molar refractivity (Wildman–Crippen MR) is 77.0 cm³/mol. The Morgan fingerprint density at radius 1 is 1.52 bits per heavy atom. The van der Waals surface area contributed by atoms with Crippen LogP contribution in [0.15, 0.2) is 18.7 Å². The summed E-state index contributed by atoms with van der Waals surface area (Å²) in [5.41, 5.74) is 0. The molecular formula is C13H20N6O2. The molecule has 0 saturated heterocycles. The number of nitrogens with one attached hydrogen (secondary N) is 2. The number of anilines is 1. The molecule has 1 unspecified atom stereocenters. The number of ether oxygens (including phenoxy) is 1. The lowest BCUT2D eigenvalue weighted by Gasteiger charge is -2.16. The summed E-state index contributed by atoms with van der Waals surface area (Å²) in [5.74, 6) is 0.172. The first kappa shape index (κ1) is 15.0. The molecule has 2 rings (SSSR count). The van der Waals surface area contributed by atoms with E-state index < -0.39 is 0 Å². The molecule has 2 heterocycles. The van der Waals surface area contributed by atoms with Gasteiger partial charge in [0.05, 0.1) is 12.9 Å². The number of aromatic amines is 1. The molecule has 0 fully saturated rings. The molecule has 114 valence electrons. The van der Waals surface area contributed by atoms with Gasteiger partial charge in [0.2, 0.25) is 11.9 Å². The van der Waals surface area contributed by atoms with Crippen LogP contribution >= 0.6 is 0 Å². The number of imidazole rings is 1. The Labute approximate surface area is 122 Å². The van der Waals surface area contributed by atoms with Crippen molar-refractivity contribution in [3.8, 4) is 6.01 Å². The predicted octanol–water partition coefficient (Wildman–Crippen LogP) is 1.77. The molecule has 8 nitrogen and oxygen atoms in total. The average molecular weight is 292 g/mol. The van der Waals surface area contributed by atoms with E-state index in [0.717, 1.165) is 12.8 Å². The topological polar surface area (TPSA) is 97.7 Å². The zero-order valence-corrected chi connectivity index (χ0v) is 12.2. The number of hydrogen-bond donors (Lipinski definition) is 2. The van der Waals surface area contributed by atoms with Gasteiger partial charge in [-0.2, -0.15) is 4.98 Å². The van der Waals surface area contributed by atoms with Crippen LogP contribution < -0.4 is 10.1 Å². The standard InChI is InChI=1S/C13H20N6O2/c1-3-5-10(19-7-6-14-9-19)8-11(20)15-12-16-13(18-17-12)21-4-2/h6-7,9-10H,3-5,8H2,1-2H3,(H2,15,16,17,18,20). The smallest absolute Gasteiger partial charge is 0.337 e. The summed E-state index contributed by atoms with van der Waals surface area (Å²) < 4.78 is 7.08. The molecule has 1 atom stereocenters. The van der Waals surface area contributed by atoms with Crippen molar-refractivity contribution in [2.45, 2.75) is 39.2 Å². The van der Waals surface area contributed by atoms with Crippen LogP contribution in [0.5, 0.6) is 6.01 Å². The minimum absolute atomic E-state index is 0.0896. The molecule has 2 aromatic heterocycles. The molecule has 21 heavy (non-hydrogen) atoms. The fraction of sp³-hybridized carbons (Fsp3) is 0.538. The molecule has 0 saturated carbocycles. The zero-order valence-electron chi connectivity index (χ0n) is 12.2. The van der Waals surface area contributed by atoms with E-state index in [1.807, 2.05) is 17.7 Å². The second kappa shape index (κ2) is 7.41. The molecule has 0 spiro atoms. The van der Waals surface area contributed by atoms with Crippen LogP contribution in [0.4, 0.5) is 5.95 Å². The lowest BCUT2D eigenvalue weighted by molar-refractivity contribution is -0.117. The van der Waals surface area contributed by atoms with Crippen LogP contribution in [-0.4, -0.2) is 37.2 Å². The largest absolute Gasteiger partial charge is 0.463 e. The minimum atomic E-state index is -0.124. The molecule has 8 heteroatoms. The highest BCUT2D eigenvalue weighted by Gasteiger charge is 2.16. The number of rotatable bonds is 8. The number of amides is 1. The second-order valence-electron chi connectivity index (χ2n) is 4.60. The van der Waals surface area contributed by atoms with Crippen LogP contribution in [-0.2, 0) is 4.79 Å². The number of carbonyl (C=O) groups excluding carboxylic acids is 1. The van der Waals surface area contributed by atoms with Gasteiger partial charge in [-0.1, -0.05) is 13.3 Å². The quantitative estimate of drug-likeness (QED) is 0.772. The summed E-state index contributed by atoms with van der Waals surface area (Å²) >= 11 is 0. The maximum atomic E-state index is 12.1. The SMILES string of the molecule is CCCC(CC(=O)Nc1nc(OCC)n[nH]1)n1ccnc1. The molecule has 2 aromatic rings. The van der Waals surface area contributed by atoms with Crippen LogP contribution in [0, 0.1) is 0 Å². The normalized spacial score (nSPS) is 12.1. The second-order valence-corrected chi connectivity index (χ2v) is 4.60. The fourth-order valence-electron chi connectivity index (χ4n) is 2.07. The summed E-state index contributed by atoms with van der Waals surface area (Å²) in [6, 6.07) is 0.319. The Balaban J connectivity index is 1.92. The molecule has 0 bridgehead atoms. The number of hydrogen-bond acceptors (Lipinski definition) is 5. The van der Waals surface area contributed by atoms with E-state index in [-0.39, 0.29) is 18.0 Å². The maximum absolute atomic E-state index is 12.1. The summed E-state index contributed by atoms with van der Waals surface area (Å²) in [5, 5.41) is 9.15. The van der Waals surface area contributed by atoms with E-state index in [9.17, 15) is 4.79 Å². The number of H-pyrrole nitrogens is 1. The van der Waals surface area contributed by atoms with E-state index in [2.05, 4.69) is 32.4 Å². The summed E-state index contributed by atoms with van der Waals surface area (Å²) in [7, 11) is 0. The highest BCUT2D eigenvalue weighted by Crippen LogP contribution is 2.18. The van der Waals surface area contributed by atoms with Crippen molar-refractivity contribution in [3.63, 3.8) is 0 Å². The number of carbonyl (C=O) groups is 1. The van der Waals surface area contributed by atoms with Crippen LogP contribution in [0.1, 0.15) is 39.2 Å². The first-order valence-corrected chi connectivity index (χ1v) is 7.05. The molecule has 0 aliphatic carbocycles. The van der Waals surface area contributed by atoms with Crippen molar-refractivity contribution in [2.24, 2.45) is 0 Å². The Kier molecular flexibility index (Phi) is 5.30. The van der Waals surface area contributed by atoms with E-state index in [4.69, 9.17) is 4.74 Å². The zero-order chi connectivity index (χ0) is 15.1. The van der Waals surface area contributed by atoms with Gasteiger partial charge in [0.1, 0.15) is 0 Å². The third kappa shape index (κ3) is 4.30. The van der Waals surface area contributed by atoms with Crippen molar-refractivity contribution >= 4 is 11.9 Å². The van der Waals surface area contributed by atoms with Crippen LogP contribution in [0.3, 0.4) is 0 Å². The molecule has 1 amide bonds. The van der Waals surface area contributed by atoms with E-state index in [1.54, 1.807) is 12.5 Å². The first-order valence-electron chi connectivity index (χ1n) is 7.05. The Morgan fingerprint density at radius 2 is 2.38 bits per heavy atom. The fourth-order valence-corrected chi connectivity index (χ4v) is 2.07. The van der Waals surface area contributed by atoms with Gasteiger partial charge < -0.3 is 9.30 Å². The van der Waals surface area contributed by atoms with E-state index >= 15 is 0 Å². The molecule has 2 N–H and O–H groups in total. The molecule has 0 radical (unpaired) electrons. The lowest BCUT2D eigenvalue weighted by atomic mass is 10.1. The van der Waals surface area contributed by atoms with Gasteiger partial charge in [-0.3, -0.25) is 10.1 Å². The lowest BCUT2D eigenvalue weighted by Crippen LogP contribution is -2.19. The third-order valence-electron chi connectivity index (χ3n) is 2.99. The highest BCUT2D eigenvalue weighted by atomic mass is 16.5. The monoisotopic (exact) mass is 292 g/mol. The van der Waals surface area contributed by atoms with Gasteiger partial charge in [-0.05, 0) is 13.3 Å². The van der Waals surface area contributed by atoms with Crippen molar-refractivity contribution in [3.05, 3.63) is 18.7 Å². The van der Waals surface area contributed by atoms with Crippen molar-refractivity contribution in [1.82, 2.24) is 24.7 Å². The number of aromatic nitrogens is 5. The Bertz CT molecular complexity index is 551. The Hall–Kier alpha value is -2.38. The van der Waals surface area contributed by atoms with Gasteiger partial charge in [0.15, 0.2) is 0 Å². The number of nitrogens with zero attached hydrogens (tertiary/aromatic N) is 4.